The molecular weight excluding hydrogens is 264 g/mol. The van der Waals surface area contributed by atoms with Crippen LogP contribution >= 0.6 is 0 Å². The average Bonchev–Trinajstić information content (AvgIpc) is 3.10. The third kappa shape index (κ3) is 2.46. The van der Waals surface area contributed by atoms with Crippen molar-refractivity contribution in [3.8, 4) is 0 Å². The number of fused-ring (bicyclic) bond motifs is 1. The van der Waals surface area contributed by atoms with Gasteiger partial charge in [0.1, 0.15) is 5.76 Å². The lowest BCUT2D eigenvalue weighted by atomic mass is 10.0. The first kappa shape index (κ1) is 13.9. The summed E-state index contributed by atoms with van der Waals surface area (Å²) in [5.41, 5.74) is 6.17. The minimum absolute atomic E-state index is 0.00277. The fourth-order valence-corrected chi connectivity index (χ4v) is 2.84. The Kier molecular flexibility index (Phi) is 3.77. The lowest BCUT2D eigenvalue weighted by Crippen LogP contribution is -2.30. The molecule has 3 rings (SSSR count). The van der Waals surface area contributed by atoms with Crippen molar-refractivity contribution in [1.82, 2.24) is 15.2 Å². The number of rotatable bonds is 5. The van der Waals surface area contributed by atoms with Crippen molar-refractivity contribution < 1.29 is 4.42 Å². The first-order valence-corrected chi connectivity index (χ1v) is 7.17. The molecule has 0 bridgehead atoms. The van der Waals surface area contributed by atoms with Gasteiger partial charge in [0.15, 0.2) is 0 Å². The van der Waals surface area contributed by atoms with Crippen LogP contribution in [-0.4, -0.2) is 9.78 Å². The van der Waals surface area contributed by atoms with E-state index < -0.39 is 0 Å². The Morgan fingerprint density at radius 2 is 2.14 bits per heavy atom. The fourth-order valence-electron chi connectivity index (χ4n) is 2.84. The molecule has 0 aliphatic carbocycles. The molecular formula is C16H20N4O. The summed E-state index contributed by atoms with van der Waals surface area (Å²) in [6.07, 6.45) is 3.29. The Labute approximate surface area is 123 Å². The Hall–Kier alpha value is -2.11. The summed E-state index contributed by atoms with van der Waals surface area (Å²) in [5, 5.41) is 5.80. The molecule has 2 aromatic heterocycles. The monoisotopic (exact) mass is 284 g/mol. The molecule has 3 aromatic rings. The number of hydrogen-bond acceptors (Lipinski definition) is 4. The van der Waals surface area contributed by atoms with Gasteiger partial charge in [-0.2, -0.15) is 5.10 Å². The third-order valence-corrected chi connectivity index (χ3v) is 3.91. The molecule has 0 aliphatic rings. The van der Waals surface area contributed by atoms with Crippen LogP contribution in [0.1, 0.15) is 30.0 Å². The van der Waals surface area contributed by atoms with Crippen LogP contribution in [0.3, 0.4) is 0 Å². The number of benzene rings is 1. The van der Waals surface area contributed by atoms with Gasteiger partial charge in [-0.25, -0.2) is 0 Å². The van der Waals surface area contributed by atoms with Crippen LogP contribution < -0.4 is 11.3 Å². The summed E-state index contributed by atoms with van der Waals surface area (Å²) >= 11 is 0. The van der Waals surface area contributed by atoms with Crippen molar-refractivity contribution in [1.29, 1.82) is 0 Å². The molecule has 0 amide bonds. The molecule has 0 spiro atoms. The van der Waals surface area contributed by atoms with Crippen LogP contribution in [-0.2, 0) is 19.9 Å². The van der Waals surface area contributed by atoms with Crippen molar-refractivity contribution in [3.63, 3.8) is 0 Å². The van der Waals surface area contributed by atoms with Crippen LogP contribution in [0.25, 0.3) is 10.9 Å². The molecule has 5 nitrogen and oxygen atoms in total. The Morgan fingerprint density at radius 1 is 1.33 bits per heavy atom. The van der Waals surface area contributed by atoms with Gasteiger partial charge in [0.25, 0.3) is 0 Å². The van der Waals surface area contributed by atoms with Crippen molar-refractivity contribution in [3.05, 3.63) is 53.6 Å². The quantitative estimate of drug-likeness (QED) is 0.558. The Balaban J connectivity index is 1.96. The minimum Gasteiger partial charge on any atom is -0.469 e. The summed E-state index contributed by atoms with van der Waals surface area (Å²) in [4.78, 5) is 0. The largest absolute Gasteiger partial charge is 0.469 e. The summed E-state index contributed by atoms with van der Waals surface area (Å²) in [5.74, 6) is 6.73. The maximum atomic E-state index is 5.76. The highest BCUT2D eigenvalue weighted by atomic mass is 16.3. The zero-order chi connectivity index (χ0) is 14.8. The maximum absolute atomic E-state index is 5.76. The maximum Gasteiger partial charge on any atom is 0.108 e. The lowest BCUT2D eigenvalue weighted by molar-refractivity contribution is 0.485. The smallest absolute Gasteiger partial charge is 0.108 e. The van der Waals surface area contributed by atoms with E-state index in [-0.39, 0.29) is 6.04 Å². The van der Waals surface area contributed by atoms with Gasteiger partial charge in [-0.15, -0.1) is 0 Å². The first-order chi connectivity index (χ1) is 10.2. The average molecular weight is 284 g/mol. The molecule has 0 aliphatic heterocycles. The molecule has 0 radical (unpaired) electrons. The normalized spacial score (nSPS) is 12.9. The Morgan fingerprint density at radius 3 is 2.90 bits per heavy atom. The van der Waals surface area contributed by atoms with Crippen LogP contribution in [0.5, 0.6) is 0 Å². The van der Waals surface area contributed by atoms with Gasteiger partial charge in [-0.3, -0.25) is 16.0 Å². The van der Waals surface area contributed by atoms with E-state index in [9.17, 15) is 0 Å². The second kappa shape index (κ2) is 5.71. The molecule has 1 aromatic carbocycles. The van der Waals surface area contributed by atoms with E-state index >= 15 is 0 Å². The molecule has 0 saturated carbocycles. The van der Waals surface area contributed by atoms with Gasteiger partial charge >= 0.3 is 0 Å². The van der Waals surface area contributed by atoms with Crippen molar-refractivity contribution in [2.24, 2.45) is 12.9 Å². The van der Waals surface area contributed by atoms with Crippen molar-refractivity contribution >= 4 is 10.9 Å². The number of nitrogens with zero attached hydrogens (tertiary/aromatic N) is 2. The highest BCUT2D eigenvalue weighted by molar-refractivity contribution is 5.81. The molecule has 1 unspecified atom stereocenters. The van der Waals surface area contributed by atoms with Crippen LogP contribution in [0.2, 0.25) is 0 Å². The van der Waals surface area contributed by atoms with Crippen molar-refractivity contribution in [2.45, 2.75) is 25.8 Å². The van der Waals surface area contributed by atoms with E-state index in [1.54, 1.807) is 6.26 Å². The predicted molar refractivity (Wildman–Crippen MR) is 82.6 cm³/mol. The van der Waals surface area contributed by atoms with Gasteiger partial charge in [0.2, 0.25) is 0 Å². The lowest BCUT2D eigenvalue weighted by Gasteiger charge is -2.14. The predicted octanol–water partition coefficient (Wildman–Crippen LogP) is 2.48. The van der Waals surface area contributed by atoms with E-state index in [4.69, 9.17) is 10.3 Å². The molecule has 5 heteroatoms. The summed E-state index contributed by atoms with van der Waals surface area (Å²) in [6.45, 7) is 2.08. The number of aromatic nitrogens is 2. The highest BCUT2D eigenvalue weighted by Gasteiger charge is 2.19. The number of nitrogens with two attached hydrogens (primary N) is 1. The van der Waals surface area contributed by atoms with E-state index in [1.807, 2.05) is 29.9 Å². The third-order valence-electron chi connectivity index (χ3n) is 3.91. The molecule has 1 atom stereocenters. The number of nitrogens with one attached hydrogen (secondary N) is 1. The molecule has 110 valence electrons. The SMILES string of the molecule is CCc1occc1C(Cc1nn(C)c2ccccc12)NN. The van der Waals surface area contributed by atoms with Crippen LogP contribution in [0, 0.1) is 0 Å². The second-order valence-electron chi connectivity index (χ2n) is 5.16. The molecule has 21 heavy (non-hydrogen) atoms. The highest BCUT2D eigenvalue weighted by Crippen LogP contribution is 2.26. The number of para-hydroxylation sites is 1. The molecule has 2 heterocycles. The molecule has 0 saturated heterocycles. The van der Waals surface area contributed by atoms with E-state index in [2.05, 4.69) is 29.6 Å². The number of hydrogen-bond donors (Lipinski definition) is 2. The van der Waals surface area contributed by atoms with Crippen LogP contribution in [0.4, 0.5) is 0 Å². The van der Waals surface area contributed by atoms with Crippen molar-refractivity contribution in [2.75, 3.05) is 0 Å². The molecule has 3 N–H and O–H groups in total. The van der Waals surface area contributed by atoms with E-state index in [0.29, 0.717) is 0 Å². The summed E-state index contributed by atoms with van der Waals surface area (Å²) < 4.78 is 7.42. The second-order valence-corrected chi connectivity index (χ2v) is 5.16. The Bertz CT molecular complexity index is 744. The number of furan rings is 1. The van der Waals surface area contributed by atoms with Gasteiger partial charge in [-0.1, -0.05) is 25.1 Å². The molecule has 0 fully saturated rings. The van der Waals surface area contributed by atoms with Crippen LogP contribution in [0.15, 0.2) is 41.0 Å². The number of aryl methyl sites for hydroxylation is 2. The fraction of sp³-hybridized carbons (Fsp3) is 0.312. The topological polar surface area (TPSA) is 69.0 Å². The first-order valence-electron chi connectivity index (χ1n) is 7.17. The zero-order valence-corrected chi connectivity index (χ0v) is 12.3. The minimum atomic E-state index is -0.00277. The van der Waals surface area contributed by atoms with E-state index in [0.717, 1.165) is 35.4 Å². The number of hydrazine groups is 1. The zero-order valence-electron chi connectivity index (χ0n) is 12.3. The summed E-state index contributed by atoms with van der Waals surface area (Å²) in [7, 11) is 1.96. The van der Waals surface area contributed by atoms with Gasteiger partial charge in [-0.05, 0) is 12.1 Å². The summed E-state index contributed by atoms with van der Waals surface area (Å²) in [6, 6.07) is 10.2. The standard InChI is InChI=1S/C16H20N4O/c1-3-16-12(8-9-21-16)13(18-17)10-14-11-6-4-5-7-15(11)20(2)19-14/h4-9,13,18H,3,10,17H2,1-2H3. The van der Waals surface area contributed by atoms with Gasteiger partial charge in [0.05, 0.1) is 23.5 Å². The van der Waals surface area contributed by atoms with E-state index in [1.165, 1.54) is 5.39 Å². The van der Waals surface area contributed by atoms with Gasteiger partial charge < -0.3 is 4.42 Å². The van der Waals surface area contributed by atoms with Gasteiger partial charge in [0, 0.05) is 30.8 Å².